The lowest BCUT2D eigenvalue weighted by molar-refractivity contribution is -0.146. The number of aliphatic hydroxyl groups excluding tert-OH is 1. The molecule has 3 N–H and O–H groups in total. The number of nitrogens with zero attached hydrogens (tertiary/aromatic N) is 2. The SMILES string of the molecule is Cc1cc(C(=O)NCC[C@H](O)C(=O)O)c2c(C)noc2n1. The Labute approximate surface area is 119 Å². The molecular formula is C13H15N3O5. The number of aliphatic carboxylic acids is 1. The van der Waals surface area contributed by atoms with Crippen LogP contribution >= 0.6 is 0 Å². The van der Waals surface area contributed by atoms with E-state index in [1.165, 1.54) is 0 Å². The number of carboxylic acid groups (broad SMARTS) is 1. The Bertz CT molecular complexity index is 694. The average molecular weight is 293 g/mol. The molecule has 0 bridgehead atoms. The van der Waals surface area contributed by atoms with Crippen molar-refractivity contribution < 1.29 is 24.3 Å². The summed E-state index contributed by atoms with van der Waals surface area (Å²) in [5.74, 6) is -1.71. The van der Waals surface area contributed by atoms with Crippen LogP contribution in [0, 0.1) is 13.8 Å². The Morgan fingerprint density at radius 3 is 2.81 bits per heavy atom. The van der Waals surface area contributed by atoms with Gasteiger partial charge in [0.2, 0.25) is 0 Å². The van der Waals surface area contributed by atoms with Crippen molar-refractivity contribution >= 4 is 23.0 Å². The van der Waals surface area contributed by atoms with Crippen LogP contribution in [0.2, 0.25) is 0 Å². The van der Waals surface area contributed by atoms with Crippen LogP contribution in [-0.2, 0) is 4.79 Å². The molecule has 0 aliphatic rings. The molecule has 1 amide bonds. The van der Waals surface area contributed by atoms with Crippen LogP contribution < -0.4 is 5.32 Å². The van der Waals surface area contributed by atoms with Gasteiger partial charge in [0, 0.05) is 18.7 Å². The van der Waals surface area contributed by atoms with E-state index in [0.717, 1.165) is 0 Å². The van der Waals surface area contributed by atoms with Crippen molar-refractivity contribution in [3.05, 3.63) is 23.0 Å². The molecule has 0 unspecified atom stereocenters. The fourth-order valence-corrected chi connectivity index (χ4v) is 1.94. The molecule has 2 aromatic rings. The molecule has 0 saturated heterocycles. The Morgan fingerprint density at radius 1 is 1.43 bits per heavy atom. The molecule has 0 aliphatic heterocycles. The number of hydrogen-bond acceptors (Lipinski definition) is 6. The number of pyridine rings is 1. The summed E-state index contributed by atoms with van der Waals surface area (Å²) in [4.78, 5) is 26.8. The van der Waals surface area contributed by atoms with E-state index >= 15 is 0 Å². The number of nitrogens with one attached hydrogen (secondary N) is 1. The van der Waals surface area contributed by atoms with Crippen molar-refractivity contribution in [3.8, 4) is 0 Å². The zero-order valence-electron chi connectivity index (χ0n) is 11.6. The predicted molar refractivity (Wildman–Crippen MR) is 71.9 cm³/mol. The molecule has 21 heavy (non-hydrogen) atoms. The highest BCUT2D eigenvalue weighted by Crippen LogP contribution is 2.21. The highest BCUT2D eigenvalue weighted by molar-refractivity contribution is 6.06. The minimum absolute atomic E-state index is 0.0412. The molecule has 0 aliphatic carbocycles. The summed E-state index contributed by atoms with van der Waals surface area (Å²) in [6.07, 6.45) is -1.57. The van der Waals surface area contributed by atoms with Crippen LogP contribution in [0.25, 0.3) is 11.1 Å². The van der Waals surface area contributed by atoms with E-state index in [4.69, 9.17) is 14.7 Å². The highest BCUT2D eigenvalue weighted by Gasteiger charge is 2.18. The van der Waals surface area contributed by atoms with Gasteiger partial charge in [0.15, 0.2) is 6.10 Å². The molecule has 2 aromatic heterocycles. The van der Waals surface area contributed by atoms with E-state index in [9.17, 15) is 9.59 Å². The van der Waals surface area contributed by atoms with Gasteiger partial charge in [-0.25, -0.2) is 9.78 Å². The van der Waals surface area contributed by atoms with Gasteiger partial charge in [0.1, 0.15) is 0 Å². The summed E-state index contributed by atoms with van der Waals surface area (Å²) in [6, 6.07) is 1.61. The molecule has 2 heterocycles. The van der Waals surface area contributed by atoms with Gasteiger partial charge in [-0.2, -0.15) is 0 Å². The van der Waals surface area contributed by atoms with Crippen LogP contribution in [0.3, 0.4) is 0 Å². The van der Waals surface area contributed by atoms with Crippen molar-refractivity contribution in [2.45, 2.75) is 26.4 Å². The number of amides is 1. The highest BCUT2D eigenvalue weighted by atomic mass is 16.5. The van der Waals surface area contributed by atoms with Gasteiger partial charge in [-0.1, -0.05) is 5.16 Å². The van der Waals surface area contributed by atoms with Crippen LogP contribution in [0.4, 0.5) is 0 Å². The second-order valence-corrected chi connectivity index (χ2v) is 4.66. The number of carboxylic acids is 1. The van der Waals surface area contributed by atoms with Gasteiger partial charge >= 0.3 is 5.97 Å². The molecule has 112 valence electrons. The summed E-state index contributed by atoms with van der Waals surface area (Å²) in [6.45, 7) is 3.47. The summed E-state index contributed by atoms with van der Waals surface area (Å²) < 4.78 is 5.04. The molecule has 0 fully saturated rings. The van der Waals surface area contributed by atoms with Gasteiger partial charge in [-0.05, 0) is 19.9 Å². The third kappa shape index (κ3) is 3.16. The quantitative estimate of drug-likeness (QED) is 0.728. The number of fused-ring (bicyclic) bond motifs is 1. The molecule has 0 saturated carbocycles. The molecule has 8 heteroatoms. The van der Waals surface area contributed by atoms with E-state index in [1.54, 1.807) is 19.9 Å². The van der Waals surface area contributed by atoms with Crippen LogP contribution in [-0.4, -0.2) is 44.9 Å². The molecule has 2 rings (SSSR count). The van der Waals surface area contributed by atoms with Crippen molar-refractivity contribution in [2.75, 3.05) is 6.54 Å². The van der Waals surface area contributed by atoms with Crippen molar-refractivity contribution in [2.24, 2.45) is 0 Å². The predicted octanol–water partition coefficient (Wildman–Crippen LogP) is 0.405. The maximum atomic E-state index is 12.2. The number of aryl methyl sites for hydroxylation is 2. The minimum Gasteiger partial charge on any atom is -0.479 e. The summed E-state index contributed by atoms with van der Waals surface area (Å²) in [5, 5.41) is 24.6. The third-order valence-corrected chi connectivity index (χ3v) is 2.98. The number of rotatable bonds is 5. The third-order valence-electron chi connectivity index (χ3n) is 2.98. The van der Waals surface area contributed by atoms with Gasteiger partial charge in [0.25, 0.3) is 11.6 Å². The summed E-state index contributed by atoms with van der Waals surface area (Å²) >= 11 is 0. The Morgan fingerprint density at radius 2 is 2.14 bits per heavy atom. The maximum absolute atomic E-state index is 12.2. The van der Waals surface area contributed by atoms with Crippen LogP contribution in [0.15, 0.2) is 10.6 Å². The normalized spacial score (nSPS) is 12.3. The maximum Gasteiger partial charge on any atom is 0.332 e. The number of carbonyl (C=O) groups excluding carboxylic acids is 1. The van der Waals surface area contributed by atoms with E-state index < -0.39 is 18.0 Å². The Hall–Kier alpha value is -2.48. The molecule has 1 atom stereocenters. The van der Waals surface area contributed by atoms with Gasteiger partial charge in [0.05, 0.1) is 16.6 Å². The standard InChI is InChI=1S/C13H15N3O5/c1-6-5-8(10-7(2)16-21-12(10)15-6)11(18)14-4-3-9(17)13(19)20/h5,9,17H,3-4H2,1-2H3,(H,14,18)(H,19,20)/t9-/m0/s1. The second kappa shape index (κ2) is 5.88. The van der Waals surface area contributed by atoms with Crippen LogP contribution in [0.5, 0.6) is 0 Å². The zero-order valence-corrected chi connectivity index (χ0v) is 11.6. The largest absolute Gasteiger partial charge is 0.479 e. The fraction of sp³-hybridized carbons (Fsp3) is 0.385. The minimum atomic E-state index is -1.50. The van der Waals surface area contributed by atoms with Crippen molar-refractivity contribution in [3.63, 3.8) is 0 Å². The first-order valence-electron chi connectivity index (χ1n) is 6.33. The topological polar surface area (TPSA) is 126 Å². The molecule has 0 spiro atoms. The lowest BCUT2D eigenvalue weighted by atomic mass is 10.1. The number of aliphatic hydroxyl groups is 1. The number of hydrogen-bond donors (Lipinski definition) is 3. The molecular weight excluding hydrogens is 278 g/mol. The Kier molecular flexibility index (Phi) is 4.18. The number of aromatic nitrogens is 2. The van der Waals surface area contributed by atoms with Gasteiger partial charge in [-0.3, -0.25) is 4.79 Å². The zero-order chi connectivity index (χ0) is 15.6. The average Bonchev–Trinajstić information content (AvgIpc) is 2.78. The van der Waals surface area contributed by atoms with Crippen LogP contribution in [0.1, 0.15) is 28.2 Å². The first-order valence-corrected chi connectivity index (χ1v) is 6.33. The first-order chi connectivity index (χ1) is 9.90. The lowest BCUT2D eigenvalue weighted by Gasteiger charge is -2.08. The van der Waals surface area contributed by atoms with Crippen molar-refractivity contribution in [1.82, 2.24) is 15.5 Å². The van der Waals surface area contributed by atoms with E-state index in [1.807, 2.05) is 0 Å². The van der Waals surface area contributed by atoms with Gasteiger partial charge in [-0.15, -0.1) is 0 Å². The monoisotopic (exact) mass is 293 g/mol. The fourth-order valence-electron chi connectivity index (χ4n) is 1.94. The Balaban J connectivity index is 2.16. The number of carbonyl (C=O) groups is 2. The first kappa shape index (κ1) is 14.9. The smallest absolute Gasteiger partial charge is 0.332 e. The molecule has 8 nitrogen and oxygen atoms in total. The molecule has 0 radical (unpaired) electrons. The van der Waals surface area contributed by atoms with E-state index in [0.29, 0.717) is 22.3 Å². The lowest BCUT2D eigenvalue weighted by Crippen LogP contribution is -2.30. The van der Waals surface area contributed by atoms with E-state index in [2.05, 4.69) is 15.5 Å². The molecule has 0 aromatic carbocycles. The van der Waals surface area contributed by atoms with Gasteiger partial charge < -0.3 is 20.1 Å². The van der Waals surface area contributed by atoms with E-state index in [-0.39, 0.29) is 18.7 Å². The summed E-state index contributed by atoms with van der Waals surface area (Å²) in [7, 11) is 0. The van der Waals surface area contributed by atoms with Crippen molar-refractivity contribution in [1.29, 1.82) is 0 Å². The second-order valence-electron chi connectivity index (χ2n) is 4.66. The summed E-state index contributed by atoms with van der Waals surface area (Å²) in [5.41, 5.74) is 1.80.